The Morgan fingerprint density at radius 1 is 1.17 bits per heavy atom. The number of aryl methyl sites for hydroxylation is 1. The van der Waals surface area contributed by atoms with E-state index in [1.807, 2.05) is 30.3 Å². The van der Waals surface area contributed by atoms with Gasteiger partial charge in [0.2, 0.25) is 0 Å². The molecule has 2 atom stereocenters. The number of nitrogens with zero attached hydrogens (tertiary/aromatic N) is 1. The molecule has 0 saturated carbocycles. The summed E-state index contributed by atoms with van der Waals surface area (Å²) < 4.78 is 27.2. The smallest absolute Gasteiger partial charge is 0.407 e. The Morgan fingerprint density at radius 3 is 2.53 bits per heavy atom. The molecule has 194 valence electrons. The van der Waals surface area contributed by atoms with Crippen molar-refractivity contribution in [2.45, 2.75) is 65.5 Å². The Kier molecular flexibility index (Phi) is 6.99. The van der Waals surface area contributed by atoms with Gasteiger partial charge in [0.1, 0.15) is 17.7 Å². The highest BCUT2D eigenvalue weighted by Crippen LogP contribution is 2.45. The molecule has 1 N–H and O–H groups in total. The van der Waals surface area contributed by atoms with Gasteiger partial charge in [-0.05, 0) is 97.0 Å². The molecule has 2 aromatic rings. The molecule has 6 heteroatoms. The Hall–Kier alpha value is -2.60. The van der Waals surface area contributed by atoms with Crippen LogP contribution in [-0.4, -0.2) is 43.3 Å². The molecule has 3 fully saturated rings. The van der Waals surface area contributed by atoms with Crippen molar-refractivity contribution in [3.63, 3.8) is 0 Å². The minimum atomic E-state index is -0.388. The first-order valence-corrected chi connectivity index (χ1v) is 13.4. The van der Waals surface area contributed by atoms with Crippen molar-refractivity contribution < 1.29 is 18.7 Å². The lowest BCUT2D eigenvalue weighted by Crippen LogP contribution is -2.53. The lowest BCUT2D eigenvalue weighted by molar-refractivity contribution is -0.0353. The van der Waals surface area contributed by atoms with Gasteiger partial charge in [-0.3, -0.25) is 4.90 Å². The number of fused-ring (bicyclic) bond motifs is 4. The quantitative estimate of drug-likeness (QED) is 0.508. The molecule has 0 spiro atoms. The molecule has 1 amide bonds. The van der Waals surface area contributed by atoms with Crippen LogP contribution in [0.2, 0.25) is 0 Å². The number of hydrogen-bond acceptors (Lipinski definition) is 4. The second kappa shape index (κ2) is 10.0. The number of hydrogen-bond donors (Lipinski definition) is 1. The number of piperidine rings is 3. The van der Waals surface area contributed by atoms with Gasteiger partial charge in [0, 0.05) is 12.1 Å². The molecule has 2 bridgehead atoms. The highest BCUT2D eigenvalue weighted by Gasteiger charge is 2.40. The van der Waals surface area contributed by atoms with Crippen LogP contribution in [0.4, 0.5) is 9.18 Å². The first kappa shape index (κ1) is 25.1. The van der Waals surface area contributed by atoms with E-state index in [-0.39, 0.29) is 29.5 Å². The molecule has 3 heterocycles. The first-order chi connectivity index (χ1) is 17.2. The summed E-state index contributed by atoms with van der Waals surface area (Å²) in [5.41, 5.74) is 3.14. The van der Waals surface area contributed by atoms with E-state index < -0.39 is 0 Å². The lowest BCUT2D eigenvalue weighted by atomic mass is 9.70. The summed E-state index contributed by atoms with van der Waals surface area (Å²) in [6, 6.07) is 10.9. The zero-order chi connectivity index (χ0) is 25.4. The second-order valence-corrected chi connectivity index (χ2v) is 11.9. The van der Waals surface area contributed by atoms with Crippen LogP contribution in [0.3, 0.4) is 0 Å². The summed E-state index contributed by atoms with van der Waals surface area (Å²) in [6.45, 7) is 12.2. The lowest BCUT2D eigenvalue weighted by Gasteiger charge is -2.44. The average molecular weight is 495 g/mol. The minimum absolute atomic E-state index is 0.0507. The van der Waals surface area contributed by atoms with Crippen LogP contribution in [0.15, 0.2) is 36.4 Å². The standard InChI is InChI=1S/C30H39FN2O3/c1-19(2)18-35-23-7-5-20(6-8-23)24-15-22-9-12-30(3,4)28(25(22)16-26(24)31)32-29(34)36-27-17-33-13-10-21(27)11-14-33/h5-8,15-16,19,21,27-28H,9-14,17-18H2,1-4H3,(H,32,34)/t27-,28-/m0/s1. The van der Waals surface area contributed by atoms with Crippen LogP contribution < -0.4 is 10.1 Å². The van der Waals surface area contributed by atoms with Crippen molar-refractivity contribution >= 4 is 6.09 Å². The van der Waals surface area contributed by atoms with Gasteiger partial charge in [-0.15, -0.1) is 0 Å². The van der Waals surface area contributed by atoms with E-state index in [1.165, 1.54) is 0 Å². The van der Waals surface area contributed by atoms with Gasteiger partial charge >= 0.3 is 6.09 Å². The summed E-state index contributed by atoms with van der Waals surface area (Å²) >= 11 is 0. The van der Waals surface area contributed by atoms with E-state index >= 15 is 4.39 Å². The van der Waals surface area contributed by atoms with E-state index in [1.54, 1.807) is 6.07 Å². The van der Waals surface area contributed by atoms with Crippen molar-refractivity contribution in [1.29, 1.82) is 0 Å². The van der Waals surface area contributed by atoms with Crippen LogP contribution in [0, 0.1) is 23.1 Å². The minimum Gasteiger partial charge on any atom is -0.493 e. The molecule has 3 saturated heterocycles. The van der Waals surface area contributed by atoms with Crippen molar-refractivity contribution in [1.82, 2.24) is 10.2 Å². The molecule has 6 rings (SSSR count). The molecule has 36 heavy (non-hydrogen) atoms. The molecule has 0 radical (unpaired) electrons. The fourth-order valence-electron chi connectivity index (χ4n) is 5.96. The topological polar surface area (TPSA) is 50.8 Å². The van der Waals surface area contributed by atoms with E-state index in [2.05, 4.69) is 37.9 Å². The number of benzene rings is 2. The first-order valence-electron chi connectivity index (χ1n) is 13.4. The number of carbonyl (C=O) groups excluding carboxylic acids is 1. The Labute approximate surface area is 214 Å². The van der Waals surface area contributed by atoms with Crippen molar-refractivity contribution in [3.05, 3.63) is 53.3 Å². The maximum atomic E-state index is 15.5. The second-order valence-electron chi connectivity index (χ2n) is 11.9. The van der Waals surface area contributed by atoms with Crippen molar-refractivity contribution in [2.75, 3.05) is 26.2 Å². The summed E-state index contributed by atoms with van der Waals surface area (Å²) in [5.74, 6) is 1.41. The predicted molar refractivity (Wildman–Crippen MR) is 140 cm³/mol. The average Bonchev–Trinajstić information content (AvgIpc) is 2.85. The molecule has 4 aliphatic rings. The van der Waals surface area contributed by atoms with Crippen LogP contribution in [0.5, 0.6) is 5.75 Å². The summed E-state index contributed by atoms with van der Waals surface area (Å²) in [7, 11) is 0. The molecule has 3 aliphatic heterocycles. The molecule has 2 aromatic carbocycles. The molecule has 0 aromatic heterocycles. The number of carbonyl (C=O) groups is 1. The fourth-order valence-corrected chi connectivity index (χ4v) is 5.96. The largest absolute Gasteiger partial charge is 0.493 e. The van der Waals surface area contributed by atoms with Gasteiger partial charge < -0.3 is 14.8 Å². The highest BCUT2D eigenvalue weighted by molar-refractivity contribution is 5.70. The normalized spacial score (nSPS) is 26.4. The zero-order valence-electron chi connectivity index (χ0n) is 22.0. The summed E-state index contributed by atoms with van der Waals surface area (Å²) in [6.07, 6.45) is 3.49. The van der Waals surface area contributed by atoms with E-state index in [4.69, 9.17) is 9.47 Å². The van der Waals surface area contributed by atoms with Gasteiger partial charge in [0.15, 0.2) is 0 Å². The zero-order valence-corrected chi connectivity index (χ0v) is 22.0. The number of ether oxygens (including phenoxy) is 2. The Morgan fingerprint density at radius 2 is 1.89 bits per heavy atom. The maximum absolute atomic E-state index is 15.5. The third-order valence-electron chi connectivity index (χ3n) is 8.23. The third-order valence-corrected chi connectivity index (χ3v) is 8.23. The number of amides is 1. The Bertz CT molecular complexity index is 1090. The van der Waals surface area contributed by atoms with Crippen LogP contribution in [0.1, 0.15) is 64.1 Å². The monoisotopic (exact) mass is 494 g/mol. The van der Waals surface area contributed by atoms with Gasteiger partial charge in [0.25, 0.3) is 0 Å². The van der Waals surface area contributed by atoms with Crippen LogP contribution >= 0.6 is 0 Å². The van der Waals surface area contributed by atoms with Crippen LogP contribution in [-0.2, 0) is 11.2 Å². The molecule has 0 unspecified atom stereocenters. The highest BCUT2D eigenvalue weighted by atomic mass is 19.1. The molecular weight excluding hydrogens is 455 g/mol. The van der Waals surface area contributed by atoms with Crippen LogP contribution in [0.25, 0.3) is 11.1 Å². The van der Waals surface area contributed by atoms with Crippen molar-refractivity contribution in [3.8, 4) is 16.9 Å². The molecule has 5 nitrogen and oxygen atoms in total. The van der Waals surface area contributed by atoms with E-state index in [0.29, 0.717) is 24.0 Å². The van der Waals surface area contributed by atoms with Gasteiger partial charge in [0.05, 0.1) is 12.6 Å². The number of halogens is 1. The molecular formula is C30H39FN2O3. The SMILES string of the molecule is CC(C)COc1ccc(-c2cc3c(cc2F)[C@H](NC(=O)O[C@H]2CN4CCC2CC4)C(C)(C)CC3)cc1. The van der Waals surface area contributed by atoms with Gasteiger partial charge in [-0.1, -0.05) is 39.8 Å². The molecule has 1 aliphatic carbocycles. The summed E-state index contributed by atoms with van der Waals surface area (Å²) in [5, 5.41) is 3.13. The predicted octanol–water partition coefficient (Wildman–Crippen LogP) is 6.36. The Balaban J connectivity index is 1.34. The fraction of sp³-hybridized carbons (Fsp3) is 0.567. The summed E-state index contributed by atoms with van der Waals surface area (Å²) in [4.78, 5) is 15.4. The van der Waals surface area contributed by atoms with Gasteiger partial charge in [-0.2, -0.15) is 0 Å². The van der Waals surface area contributed by atoms with Gasteiger partial charge in [-0.25, -0.2) is 9.18 Å². The van der Waals surface area contributed by atoms with Crippen molar-refractivity contribution in [2.24, 2.45) is 17.3 Å². The number of alkyl carbamates (subject to hydrolysis) is 1. The van der Waals surface area contributed by atoms with E-state index in [9.17, 15) is 4.79 Å². The van der Waals surface area contributed by atoms with E-state index in [0.717, 1.165) is 67.8 Å². The number of rotatable bonds is 6. The number of nitrogens with one attached hydrogen (secondary N) is 1. The maximum Gasteiger partial charge on any atom is 0.407 e. The third kappa shape index (κ3) is 5.24.